The molecule has 0 aromatic heterocycles. The lowest BCUT2D eigenvalue weighted by Crippen LogP contribution is -2.13. The second kappa shape index (κ2) is 3.92. The van der Waals surface area contributed by atoms with Gasteiger partial charge in [-0.05, 0) is 16.7 Å². The molecule has 0 saturated carbocycles. The Bertz CT molecular complexity index is 624. The van der Waals surface area contributed by atoms with Gasteiger partial charge >= 0.3 is 0 Å². The van der Waals surface area contributed by atoms with Crippen molar-refractivity contribution in [2.24, 2.45) is 5.41 Å². The zero-order valence-electron chi connectivity index (χ0n) is 11.2. The van der Waals surface area contributed by atoms with E-state index in [4.69, 9.17) is 0 Å². The van der Waals surface area contributed by atoms with Crippen molar-refractivity contribution in [1.82, 2.24) is 0 Å². The van der Waals surface area contributed by atoms with Crippen LogP contribution in [-0.4, -0.2) is 5.78 Å². The number of carbonyl (C=O) groups excluding carboxylic acids is 1. The second-order valence-electron chi connectivity index (χ2n) is 5.67. The molecule has 19 heavy (non-hydrogen) atoms. The number of fused-ring (bicyclic) bond motifs is 1. The molecule has 0 saturated heterocycles. The summed E-state index contributed by atoms with van der Waals surface area (Å²) in [5.74, 6) is 0.0941. The van der Waals surface area contributed by atoms with Crippen LogP contribution in [0, 0.1) is 5.41 Å². The molecule has 1 heteroatoms. The molecule has 1 aromatic carbocycles. The van der Waals surface area contributed by atoms with Crippen molar-refractivity contribution >= 4 is 11.4 Å². The minimum absolute atomic E-state index is 0.0376. The van der Waals surface area contributed by atoms with Crippen LogP contribution in [0.25, 0.3) is 5.57 Å². The lowest BCUT2D eigenvalue weighted by atomic mass is 9.82. The van der Waals surface area contributed by atoms with E-state index in [1.807, 2.05) is 36.4 Å². The molecular formula is C18H16O. The summed E-state index contributed by atoms with van der Waals surface area (Å²) in [5, 5.41) is 0. The standard InChI is InChI=1S/C18H16O/c1-12-13-6-4-5-7-15(13)17(19)16-9-11-18(2,3)10-8-14(12)16/h4-11H,1H2,2-3H3. The molecule has 0 radical (unpaired) electrons. The second-order valence-corrected chi connectivity index (χ2v) is 5.67. The lowest BCUT2D eigenvalue weighted by Gasteiger charge is -2.20. The molecule has 1 nitrogen and oxygen atoms in total. The van der Waals surface area contributed by atoms with Crippen molar-refractivity contribution in [2.75, 3.05) is 0 Å². The van der Waals surface area contributed by atoms with E-state index in [9.17, 15) is 4.79 Å². The Balaban J connectivity index is 2.23. The van der Waals surface area contributed by atoms with Gasteiger partial charge in [-0.1, -0.05) is 69.0 Å². The summed E-state index contributed by atoms with van der Waals surface area (Å²) in [6.45, 7) is 8.42. The fourth-order valence-corrected chi connectivity index (χ4v) is 2.53. The predicted molar refractivity (Wildman–Crippen MR) is 78.9 cm³/mol. The van der Waals surface area contributed by atoms with Crippen molar-refractivity contribution in [3.05, 3.63) is 77.4 Å². The van der Waals surface area contributed by atoms with E-state index >= 15 is 0 Å². The molecular weight excluding hydrogens is 232 g/mol. The van der Waals surface area contributed by atoms with E-state index < -0.39 is 0 Å². The highest BCUT2D eigenvalue weighted by Crippen LogP contribution is 2.38. The van der Waals surface area contributed by atoms with Crippen LogP contribution in [0.3, 0.4) is 0 Å². The first-order chi connectivity index (χ1) is 8.99. The number of benzene rings is 1. The average Bonchev–Trinajstić information content (AvgIpc) is 2.55. The molecule has 0 N–H and O–H groups in total. The summed E-state index contributed by atoms with van der Waals surface area (Å²) in [6, 6.07) is 7.69. The van der Waals surface area contributed by atoms with Crippen LogP contribution in [0.4, 0.5) is 0 Å². The molecule has 0 aliphatic heterocycles. The van der Waals surface area contributed by atoms with Gasteiger partial charge in [-0.2, -0.15) is 0 Å². The third-order valence-electron chi connectivity index (χ3n) is 3.72. The molecule has 0 heterocycles. The Morgan fingerprint density at radius 2 is 1.53 bits per heavy atom. The van der Waals surface area contributed by atoms with E-state index in [0.29, 0.717) is 0 Å². The molecule has 0 fully saturated rings. The van der Waals surface area contributed by atoms with Crippen molar-refractivity contribution in [1.29, 1.82) is 0 Å². The van der Waals surface area contributed by atoms with Crippen LogP contribution in [-0.2, 0) is 0 Å². The molecule has 0 spiro atoms. The molecule has 0 atom stereocenters. The molecule has 1 aromatic rings. The topological polar surface area (TPSA) is 17.1 Å². The quantitative estimate of drug-likeness (QED) is 0.667. The van der Waals surface area contributed by atoms with E-state index in [1.165, 1.54) is 0 Å². The highest BCUT2D eigenvalue weighted by Gasteiger charge is 2.27. The lowest BCUT2D eigenvalue weighted by molar-refractivity contribution is 0.103. The summed E-state index contributed by atoms with van der Waals surface area (Å²) < 4.78 is 0. The van der Waals surface area contributed by atoms with Crippen molar-refractivity contribution in [3.63, 3.8) is 0 Å². The van der Waals surface area contributed by atoms with Gasteiger partial charge in [0.1, 0.15) is 0 Å². The van der Waals surface area contributed by atoms with Gasteiger partial charge < -0.3 is 0 Å². The van der Waals surface area contributed by atoms with Crippen molar-refractivity contribution in [3.8, 4) is 0 Å². The first kappa shape index (κ1) is 11.9. The fourth-order valence-electron chi connectivity index (χ4n) is 2.53. The van der Waals surface area contributed by atoms with Gasteiger partial charge in [0, 0.05) is 16.6 Å². The van der Waals surface area contributed by atoms with E-state index in [1.54, 1.807) is 0 Å². The SMILES string of the molecule is C=C1C2=C(C=CC(C)(C)C=C2)C(=O)c2ccccc21. The predicted octanol–water partition coefficient (Wildman–Crippen LogP) is 4.34. The monoisotopic (exact) mass is 248 g/mol. The highest BCUT2D eigenvalue weighted by atomic mass is 16.1. The first-order valence-electron chi connectivity index (χ1n) is 6.46. The molecule has 94 valence electrons. The maximum atomic E-state index is 12.6. The Hall–Kier alpha value is -2.15. The third-order valence-corrected chi connectivity index (χ3v) is 3.72. The van der Waals surface area contributed by atoms with E-state index in [-0.39, 0.29) is 11.2 Å². The van der Waals surface area contributed by atoms with Crippen LogP contribution in [0.5, 0.6) is 0 Å². The Labute approximate surface area is 113 Å². The summed E-state index contributed by atoms with van der Waals surface area (Å²) in [5.41, 5.74) is 4.30. The maximum absolute atomic E-state index is 12.6. The Morgan fingerprint density at radius 3 is 2.21 bits per heavy atom. The number of hydrogen-bond acceptors (Lipinski definition) is 1. The summed E-state index contributed by atoms with van der Waals surface area (Å²) >= 11 is 0. The van der Waals surface area contributed by atoms with E-state index in [0.717, 1.165) is 27.8 Å². The van der Waals surface area contributed by atoms with Crippen molar-refractivity contribution in [2.45, 2.75) is 13.8 Å². The summed E-state index contributed by atoms with van der Waals surface area (Å²) in [7, 11) is 0. The number of hydrogen-bond donors (Lipinski definition) is 0. The highest BCUT2D eigenvalue weighted by molar-refractivity contribution is 6.19. The van der Waals surface area contributed by atoms with Crippen molar-refractivity contribution < 1.29 is 4.79 Å². The largest absolute Gasteiger partial charge is 0.289 e. The zero-order chi connectivity index (χ0) is 13.6. The van der Waals surface area contributed by atoms with Gasteiger partial charge in [-0.15, -0.1) is 0 Å². The number of Topliss-reactive ketones (excluding diaryl/α,β-unsaturated/α-hetero) is 1. The van der Waals surface area contributed by atoms with Gasteiger partial charge in [-0.3, -0.25) is 4.79 Å². The smallest absolute Gasteiger partial charge is 0.194 e. The van der Waals surface area contributed by atoms with Crippen LogP contribution < -0.4 is 0 Å². The molecule has 0 bridgehead atoms. The molecule has 0 amide bonds. The average molecular weight is 248 g/mol. The zero-order valence-corrected chi connectivity index (χ0v) is 11.2. The molecule has 2 aliphatic carbocycles. The molecule has 3 rings (SSSR count). The Morgan fingerprint density at radius 1 is 0.947 bits per heavy atom. The summed E-state index contributed by atoms with van der Waals surface area (Å²) in [4.78, 5) is 12.6. The normalized spacial score (nSPS) is 20.1. The van der Waals surface area contributed by atoms with Crippen LogP contribution in [0.15, 0.2) is 66.3 Å². The van der Waals surface area contributed by atoms with Crippen LogP contribution >= 0.6 is 0 Å². The Kier molecular flexibility index (Phi) is 2.46. The maximum Gasteiger partial charge on any atom is 0.194 e. The number of carbonyl (C=O) groups is 1. The fraction of sp³-hybridized carbons (Fsp3) is 0.167. The summed E-state index contributed by atoms with van der Waals surface area (Å²) in [6.07, 6.45) is 8.17. The molecule has 2 aliphatic rings. The minimum Gasteiger partial charge on any atom is -0.289 e. The number of ketones is 1. The van der Waals surface area contributed by atoms with E-state index in [2.05, 4.69) is 32.6 Å². The molecule has 0 unspecified atom stereocenters. The first-order valence-corrected chi connectivity index (χ1v) is 6.46. The van der Waals surface area contributed by atoms with Gasteiger partial charge in [-0.25, -0.2) is 0 Å². The third kappa shape index (κ3) is 1.82. The van der Waals surface area contributed by atoms with Gasteiger partial charge in [0.05, 0.1) is 0 Å². The van der Waals surface area contributed by atoms with Gasteiger partial charge in [0.25, 0.3) is 0 Å². The van der Waals surface area contributed by atoms with Gasteiger partial charge in [0.2, 0.25) is 0 Å². The number of allylic oxidation sites excluding steroid dienone is 7. The number of rotatable bonds is 0. The minimum atomic E-state index is -0.0376. The van der Waals surface area contributed by atoms with Crippen LogP contribution in [0.1, 0.15) is 29.8 Å². The van der Waals surface area contributed by atoms with Crippen LogP contribution in [0.2, 0.25) is 0 Å². The van der Waals surface area contributed by atoms with Gasteiger partial charge in [0.15, 0.2) is 5.78 Å².